The van der Waals surface area contributed by atoms with Gasteiger partial charge in [0.2, 0.25) is 0 Å². The van der Waals surface area contributed by atoms with Crippen molar-refractivity contribution in [3.8, 4) is 11.5 Å². The zero-order valence-electron chi connectivity index (χ0n) is 11.1. The summed E-state index contributed by atoms with van der Waals surface area (Å²) in [5.41, 5.74) is 0. The molecule has 0 bridgehead atoms. The van der Waals surface area contributed by atoms with Crippen LogP contribution in [0.3, 0.4) is 0 Å². The molecule has 0 radical (unpaired) electrons. The van der Waals surface area contributed by atoms with E-state index in [0.717, 1.165) is 23.6 Å². The molecule has 0 saturated heterocycles. The Kier molecular flexibility index (Phi) is 3.58. The second kappa shape index (κ2) is 5.52. The van der Waals surface area contributed by atoms with E-state index in [9.17, 15) is 5.11 Å². The molecule has 2 nitrogen and oxygen atoms in total. The average Bonchev–Trinajstić information content (AvgIpc) is 2.68. The van der Waals surface area contributed by atoms with Crippen molar-refractivity contribution >= 4 is 10.8 Å². The standard InChI is InChI=1S/C17H20O2/c18-16-11-13-7-5-6-8-14(13)12-17(16)19-15-9-3-1-2-4-10-15/h5-8,11-12,15,18H,1-4,9-10H2. The summed E-state index contributed by atoms with van der Waals surface area (Å²) in [5, 5.41) is 12.2. The van der Waals surface area contributed by atoms with E-state index in [4.69, 9.17) is 4.74 Å². The molecular weight excluding hydrogens is 236 g/mol. The zero-order valence-corrected chi connectivity index (χ0v) is 11.1. The molecule has 1 fully saturated rings. The Bertz CT molecular complexity index is 554. The third-order valence-electron chi connectivity index (χ3n) is 3.92. The van der Waals surface area contributed by atoms with Crippen LogP contribution in [0, 0.1) is 0 Å². The number of hydrogen-bond acceptors (Lipinski definition) is 2. The van der Waals surface area contributed by atoms with Gasteiger partial charge in [0.25, 0.3) is 0 Å². The number of hydrogen-bond donors (Lipinski definition) is 1. The normalized spacial score (nSPS) is 17.3. The number of aromatic hydroxyl groups is 1. The van der Waals surface area contributed by atoms with Gasteiger partial charge in [0, 0.05) is 0 Å². The van der Waals surface area contributed by atoms with Gasteiger partial charge in [-0.15, -0.1) is 0 Å². The van der Waals surface area contributed by atoms with Crippen LogP contribution < -0.4 is 4.74 Å². The van der Waals surface area contributed by atoms with Crippen molar-refractivity contribution in [2.24, 2.45) is 0 Å². The SMILES string of the molecule is Oc1cc2ccccc2cc1OC1CCCCCC1. The Hall–Kier alpha value is -1.70. The van der Waals surface area contributed by atoms with Crippen LogP contribution in [0.1, 0.15) is 38.5 Å². The van der Waals surface area contributed by atoms with E-state index in [1.807, 2.05) is 24.3 Å². The fourth-order valence-corrected chi connectivity index (χ4v) is 2.84. The van der Waals surface area contributed by atoms with Crippen LogP contribution in [0.2, 0.25) is 0 Å². The van der Waals surface area contributed by atoms with Crippen LogP contribution >= 0.6 is 0 Å². The second-order valence-corrected chi connectivity index (χ2v) is 5.40. The Morgan fingerprint density at radius 3 is 2.21 bits per heavy atom. The van der Waals surface area contributed by atoms with Crippen LogP contribution in [0.4, 0.5) is 0 Å². The van der Waals surface area contributed by atoms with Crippen LogP contribution in [0.25, 0.3) is 10.8 Å². The molecule has 1 aliphatic rings. The predicted octanol–water partition coefficient (Wildman–Crippen LogP) is 4.65. The highest BCUT2D eigenvalue weighted by Crippen LogP contribution is 2.33. The third-order valence-corrected chi connectivity index (χ3v) is 3.92. The molecular formula is C17H20O2. The smallest absolute Gasteiger partial charge is 0.161 e. The van der Waals surface area contributed by atoms with Crippen LogP contribution in [0.5, 0.6) is 11.5 Å². The fourth-order valence-electron chi connectivity index (χ4n) is 2.84. The molecule has 0 aliphatic heterocycles. The number of phenols is 1. The van der Waals surface area contributed by atoms with Gasteiger partial charge in [-0.1, -0.05) is 37.1 Å². The van der Waals surface area contributed by atoms with Crippen molar-refractivity contribution in [3.63, 3.8) is 0 Å². The summed E-state index contributed by atoms with van der Waals surface area (Å²) in [7, 11) is 0. The van der Waals surface area contributed by atoms with Gasteiger partial charge >= 0.3 is 0 Å². The van der Waals surface area contributed by atoms with Crippen LogP contribution in [-0.4, -0.2) is 11.2 Å². The highest BCUT2D eigenvalue weighted by atomic mass is 16.5. The quantitative estimate of drug-likeness (QED) is 0.793. The first-order valence-corrected chi connectivity index (χ1v) is 7.21. The highest BCUT2D eigenvalue weighted by Gasteiger charge is 2.15. The lowest BCUT2D eigenvalue weighted by atomic mass is 10.1. The largest absolute Gasteiger partial charge is 0.504 e. The lowest BCUT2D eigenvalue weighted by molar-refractivity contribution is 0.177. The van der Waals surface area contributed by atoms with Gasteiger partial charge in [-0.05, 0) is 48.6 Å². The lowest BCUT2D eigenvalue weighted by Gasteiger charge is -2.18. The minimum absolute atomic E-state index is 0.253. The maximum absolute atomic E-state index is 10.1. The molecule has 2 aromatic carbocycles. The summed E-state index contributed by atoms with van der Waals surface area (Å²) in [6, 6.07) is 11.8. The maximum atomic E-state index is 10.1. The van der Waals surface area contributed by atoms with E-state index in [1.54, 1.807) is 6.07 Å². The first-order valence-electron chi connectivity index (χ1n) is 7.21. The van der Waals surface area contributed by atoms with E-state index in [1.165, 1.54) is 25.7 Å². The van der Waals surface area contributed by atoms with E-state index in [2.05, 4.69) is 6.07 Å². The van der Waals surface area contributed by atoms with Gasteiger partial charge in [-0.25, -0.2) is 0 Å². The molecule has 0 unspecified atom stereocenters. The average molecular weight is 256 g/mol. The van der Waals surface area contributed by atoms with Crippen LogP contribution in [0.15, 0.2) is 36.4 Å². The Labute approximate surface area is 114 Å². The van der Waals surface area contributed by atoms with Crippen molar-refractivity contribution in [2.45, 2.75) is 44.6 Å². The number of rotatable bonds is 2. The second-order valence-electron chi connectivity index (χ2n) is 5.40. The van der Waals surface area contributed by atoms with Gasteiger partial charge in [0.05, 0.1) is 6.10 Å². The molecule has 1 N–H and O–H groups in total. The van der Waals surface area contributed by atoms with Crippen molar-refractivity contribution < 1.29 is 9.84 Å². The number of fused-ring (bicyclic) bond motifs is 1. The predicted molar refractivity (Wildman–Crippen MR) is 77.7 cm³/mol. The van der Waals surface area contributed by atoms with E-state index >= 15 is 0 Å². The first kappa shape index (κ1) is 12.3. The Balaban J connectivity index is 1.85. The summed E-state index contributed by atoms with van der Waals surface area (Å²) < 4.78 is 6.02. The maximum Gasteiger partial charge on any atom is 0.161 e. The minimum Gasteiger partial charge on any atom is -0.504 e. The molecule has 0 heterocycles. The third kappa shape index (κ3) is 2.83. The topological polar surface area (TPSA) is 29.5 Å². The molecule has 0 atom stereocenters. The highest BCUT2D eigenvalue weighted by molar-refractivity contribution is 5.85. The first-order chi connectivity index (χ1) is 9.33. The molecule has 100 valence electrons. The summed E-state index contributed by atoms with van der Waals surface area (Å²) in [4.78, 5) is 0. The Morgan fingerprint density at radius 1 is 0.895 bits per heavy atom. The molecule has 3 rings (SSSR count). The van der Waals surface area contributed by atoms with E-state index < -0.39 is 0 Å². The summed E-state index contributed by atoms with van der Waals surface area (Å²) >= 11 is 0. The van der Waals surface area contributed by atoms with Crippen molar-refractivity contribution in [2.75, 3.05) is 0 Å². The molecule has 2 heteroatoms. The molecule has 1 saturated carbocycles. The summed E-state index contributed by atoms with van der Waals surface area (Å²) in [6.07, 6.45) is 7.55. The molecule has 0 aromatic heterocycles. The zero-order chi connectivity index (χ0) is 13.1. The summed E-state index contributed by atoms with van der Waals surface area (Å²) in [6.45, 7) is 0. The van der Waals surface area contributed by atoms with Crippen molar-refractivity contribution in [1.29, 1.82) is 0 Å². The molecule has 19 heavy (non-hydrogen) atoms. The van der Waals surface area contributed by atoms with E-state index in [0.29, 0.717) is 5.75 Å². The molecule has 0 spiro atoms. The number of benzene rings is 2. The lowest BCUT2D eigenvalue weighted by Crippen LogP contribution is -2.15. The number of ether oxygens (including phenoxy) is 1. The fraction of sp³-hybridized carbons (Fsp3) is 0.412. The van der Waals surface area contributed by atoms with Crippen molar-refractivity contribution in [1.82, 2.24) is 0 Å². The molecule has 0 amide bonds. The minimum atomic E-state index is 0.253. The van der Waals surface area contributed by atoms with Gasteiger partial charge in [-0.3, -0.25) is 0 Å². The van der Waals surface area contributed by atoms with Crippen LogP contribution in [-0.2, 0) is 0 Å². The van der Waals surface area contributed by atoms with Gasteiger partial charge in [-0.2, -0.15) is 0 Å². The van der Waals surface area contributed by atoms with Gasteiger partial charge in [0.1, 0.15) is 0 Å². The monoisotopic (exact) mass is 256 g/mol. The van der Waals surface area contributed by atoms with Gasteiger partial charge < -0.3 is 9.84 Å². The molecule has 1 aliphatic carbocycles. The van der Waals surface area contributed by atoms with Gasteiger partial charge in [0.15, 0.2) is 11.5 Å². The van der Waals surface area contributed by atoms with E-state index in [-0.39, 0.29) is 11.9 Å². The molecule has 2 aromatic rings. The summed E-state index contributed by atoms with van der Waals surface area (Å²) in [5.74, 6) is 0.883. The Morgan fingerprint density at radius 2 is 1.53 bits per heavy atom. The number of phenolic OH excluding ortho intramolecular Hbond substituents is 1. The van der Waals surface area contributed by atoms with Crippen molar-refractivity contribution in [3.05, 3.63) is 36.4 Å².